The summed E-state index contributed by atoms with van der Waals surface area (Å²) in [5.74, 6) is -2.65. The lowest BCUT2D eigenvalue weighted by Crippen LogP contribution is -2.37. The number of H-pyrrole nitrogens is 2. The molecule has 32 heavy (non-hydrogen) atoms. The molecule has 1 fully saturated rings. The van der Waals surface area contributed by atoms with Gasteiger partial charge in [0, 0.05) is 35.8 Å². The van der Waals surface area contributed by atoms with E-state index in [1.54, 1.807) is 11.0 Å². The van der Waals surface area contributed by atoms with Crippen molar-refractivity contribution in [2.45, 2.75) is 26.2 Å². The smallest absolute Gasteiger partial charge is 0.265 e. The summed E-state index contributed by atoms with van der Waals surface area (Å²) in [6, 6.07) is 10.4. The van der Waals surface area contributed by atoms with Crippen LogP contribution >= 0.6 is 0 Å². The van der Waals surface area contributed by atoms with Crippen LogP contribution in [0.5, 0.6) is 5.75 Å². The van der Waals surface area contributed by atoms with Crippen LogP contribution in [0.2, 0.25) is 0 Å². The molecule has 170 valence electrons. The normalized spacial score (nSPS) is 16.5. The third kappa shape index (κ3) is 4.83. The number of carbonyl (C=O) groups is 1. The number of primary amides is 1. The summed E-state index contributed by atoms with van der Waals surface area (Å²) < 4.78 is 32.9. The van der Waals surface area contributed by atoms with Crippen molar-refractivity contribution in [3.8, 4) is 17.0 Å². The van der Waals surface area contributed by atoms with Crippen molar-refractivity contribution in [1.29, 1.82) is 0 Å². The molecule has 1 aromatic carbocycles. The highest BCUT2D eigenvalue weighted by Gasteiger charge is 2.39. The number of ether oxygens (including phenoxy) is 1. The zero-order valence-electron chi connectivity index (χ0n) is 18.0. The van der Waals surface area contributed by atoms with E-state index in [0.717, 1.165) is 10.9 Å². The van der Waals surface area contributed by atoms with E-state index < -0.39 is 17.4 Å². The van der Waals surface area contributed by atoms with Gasteiger partial charge in [0.2, 0.25) is 0 Å². The molecule has 3 heterocycles. The molecule has 0 atom stereocenters. The molecule has 3 aromatic rings. The molecule has 4 N–H and O–H groups in total. The van der Waals surface area contributed by atoms with Gasteiger partial charge in [-0.15, -0.1) is 0 Å². The second kappa shape index (κ2) is 8.05. The van der Waals surface area contributed by atoms with Gasteiger partial charge in [0.05, 0.1) is 24.4 Å². The number of aromatic amines is 2. The molecule has 0 spiro atoms. The molecule has 4 rings (SSSR count). The summed E-state index contributed by atoms with van der Waals surface area (Å²) in [6.07, 6.45) is -0.0927. The maximum absolute atomic E-state index is 13.5. The summed E-state index contributed by atoms with van der Waals surface area (Å²) in [5, 5.41) is 0.855. The maximum Gasteiger partial charge on any atom is 0.265 e. The SMILES string of the molecule is CC(C)(COc1ccc2[nH]c(-c3ccc(C(N)=O)[nH]c3=O)cc2c1)CN1CCC(F)(F)C1. The minimum Gasteiger partial charge on any atom is -0.493 e. The number of fused-ring (bicyclic) bond motifs is 1. The molecule has 1 amide bonds. The van der Waals surface area contributed by atoms with Crippen LogP contribution < -0.4 is 16.0 Å². The third-order valence-electron chi connectivity index (χ3n) is 5.59. The monoisotopic (exact) mass is 444 g/mol. The van der Waals surface area contributed by atoms with Crippen molar-refractivity contribution in [3.05, 3.63) is 52.4 Å². The first-order valence-electron chi connectivity index (χ1n) is 10.4. The van der Waals surface area contributed by atoms with Crippen molar-refractivity contribution in [3.63, 3.8) is 0 Å². The average Bonchev–Trinajstić information content (AvgIpc) is 3.27. The van der Waals surface area contributed by atoms with Gasteiger partial charge >= 0.3 is 0 Å². The number of alkyl halides is 2. The van der Waals surface area contributed by atoms with E-state index >= 15 is 0 Å². The van der Waals surface area contributed by atoms with Crippen LogP contribution in [-0.4, -0.2) is 52.9 Å². The van der Waals surface area contributed by atoms with Gasteiger partial charge in [0.25, 0.3) is 17.4 Å². The number of hydrogen-bond donors (Lipinski definition) is 3. The van der Waals surface area contributed by atoms with Crippen molar-refractivity contribution in [2.24, 2.45) is 11.1 Å². The first kappa shape index (κ1) is 22.0. The van der Waals surface area contributed by atoms with E-state index in [1.807, 2.05) is 38.1 Å². The number of amides is 1. The Morgan fingerprint density at radius 2 is 2.00 bits per heavy atom. The zero-order chi connectivity index (χ0) is 23.1. The fourth-order valence-electron chi connectivity index (χ4n) is 4.05. The van der Waals surface area contributed by atoms with Gasteiger partial charge in [-0.25, -0.2) is 8.78 Å². The van der Waals surface area contributed by atoms with Gasteiger partial charge in [-0.3, -0.25) is 14.5 Å². The Kier molecular flexibility index (Phi) is 5.54. The van der Waals surface area contributed by atoms with Crippen LogP contribution in [0.1, 0.15) is 30.8 Å². The van der Waals surface area contributed by atoms with Crippen LogP contribution in [-0.2, 0) is 0 Å². The standard InChI is InChI=1S/C23H26F2N4O3/c1-22(2,11-29-8-7-23(24,25)12-29)13-32-15-3-5-17-14(9-15)10-19(27-17)16-4-6-18(20(26)30)28-21(16)31/h3-6,9-10,27H,7-8,11-13H2,1-2H3,(H2,26,30)(H,28,31). The summed E-state index contributed by atoms with van der Waals surface area (Å²) in [4.78, 5) is 31.0. The van der Waals surface area contributed by atoms with E-state index in [0.29, 0.717) is 36.7 Å². The van der Waals surface area contributed by atoms with Crippen molar-refractivity contribution in [2.75, 3.05) is 26.2 Å². The van der Waals surface area contributed by atoms with Gasteiger partial charge in [0.15, 0.2) is 0 Å². The fraction of sp³-hybridized carbons (Fsp3) is 0.391. The molecule has 0 unspecified atom stereocenters. The van der Waals surface area contributed by atoms with Crippen molar-refractivity contribution >= 4 is 16.8 Å². The fourth-order valence-corrected chi connectivity index (χ4v) is 4.05. The molecular formula is C23H26F2N4O3. The van der Waals surface area contributed by atoms with E-state index in [4.69, 9.17) is 10.5 Å². The number of likely N-dealkylation sites (tertiary alicyclic amines) is 1. The summed E-state index contributed by atoms with van der Waals surface area (Å²) in [5.41, 5.74) is 6.34. The quantitative estimate of drug-likeness (QED) is 0.520. The predicted octanol–water partition coefficient (Wildman–Crippen LogP) is 3.37. The molecule has 1 aliphatic heterocycles. The molecule has 0 radical (unpaired) electrons. The number of hydrogen-bond acceptors (Lipinski definition) is 4. The lowest BCUT2D eigenvalue weighted by Gasteiger charge is -2.30. The lowest BCUT2D eigenvalue weighted by atomic mass is 9.94. The Hall–Kier alpha value is -3.20. The van der Waals surface area contributed by atoms with Gasteiger partial charge in [-0.2, -0.15) is 0 Å². The topological polar surface area (TPSA) is 104 Å². The molecule has 0 saturated carbocycles. The molecule has 1 saturated heterocycles. The molecular weight excluding hydrogens is 418 g/mol. The van der Waals surface area contributed by atoms with E-state index in [-0.39, 0.29) is 24.1 Å². The Morgan fingerprint density at radius 3 is 2.66 bits per heavy atom. The number of benzene rings is 1. The second-order valence-corrected chi connectivity index (χ2v) is 9.18. The van der Waals surface area contributed by atoms with Gasteiger partial charge in [0.1, 0.15) is 11.4 Å². The molecule has 0 bridgehead atoms. The van der Waals surface area contributed by atoms with Crippen molar-refractivity contribution < 1.29 is 18.3 Å². The summed E-state index contributed by atoms with van der Waals surface area (Å²) >= 11 is 0. The van der Waals surface area contributed by atoms with Gasteiger partial charge in [-0.05, 0) is 36.4 Å². The predicted molar refractivity (Wildman–Crippen MR) is 118 cm³/mol. The van der Waals surface area contributed by atoms with Gasteiger partial charge in [-0.1, -0.05) is 13.8 Å². The Morgan fingerprint density at radius 1 is 1.22 bits per heavy atom. The third-order valence-corrected chi connectivity index (χ3v) is 5.59. The number of pyridine rings is 1. The largest absolute Gasteiger partial charge is 0.493 e. The second-order valence-electron chi connectivity index (χ2n) is 9.18. The zero-order valence-corrected chi connectivity index (χ0v) is 18.0. The van der Waals surface area contributed by atoms with Crippen LogP contribution in [0.4, 0.5) is 8.78 Å². The van der Waals surface area contributed by atoms with E-state index in [1.165, 1.54) is 6.07 Å². The number of nitrogens with two attached hydrogens (primary N) is 1. The highest BCUT2D eigenvalue weighted by molar-refractivity contribution is 5.91. The Labute approximate surface area is 183 Å². The first-order chi connectivity index (χ1) is 15.0. The number of carbonyl (C=O) groups excluding carboxylic acids is 1. The average molecular weight is 444 g/mol. The molecule has 9 heteroatoms. The van der Waals surface area contributed by atoms with E-state index in [2.05, 4.69) is 9.97 Å². The summed E-state index contributed by atoms with van der Waals surface area (Å²) in [7, 11) is 0. The number of aromatic nitrogens is 2. The Bertz CT molecular complexity index is 1220. The highest BCUT2D eigenvalue weighted by atomic mass is 19.3. The maximum atomic E-state index is 13.5. The summed E-state index contributed by atoms with van der Waals surface area (Å²) in [6.45, 7) is 5.11. The molecule has 1 aliphatic rings. The number of halogens is 2. The first-order valence-corrected chi connectivity index (χ1v) is 10.4. The van der Waals surface area contributed by atoms with Crippen LogP contribution in [0.25, 0.3) is 22.2 Å². The van der Waals surface area contributed by atoms with E-state index in [9.17, 15) is 18.4 Å². The number of nitrogens with one attached hydrogen (secondary N) is 2. The van der Waals surface area contributed by atoms with Gasteiger partial charge < -0.3 is 20.4 Å². The van der Waals surface area contributed by atoms with Crippen LogP contribution in [0, 0.1) is 5.41 Å². The molecule has 2 aromatic heterocycles. The molecule has 0 aliphatic carbocycles. The minimum absolute atomic E-state index is 0.0470. The number of nitrogens with zero attached hydrogens (tertiary/aromatic N) is 1. The number of rotatable bonds is 7. The Balaban J connectivity index is 1.46. The minimum atomic E-state index is -2.60. The molecule has 7 nitrogen and oxygen atoms in total. The van der Waals surface area contributed by atoms with Crippen molar-refractivity contribution in [1.82, 2.24) is 14.9 Å². The van der Waals surface area contributed by atoms with Crippen LogP contribution in [0.15, 0.2) is 41.2 Å². The highest BCUT2D eigenvalue weighted by Crippen LogP contribution is 2.31. The van der Waals surface area contributed by atoms with Crippen LogP contribution in [0.3, 0.4) is 0 Å². The lowest BCUT2D eigenvalue weighted by molar-refractivity contribution is 0.00700.